The van der Waals surface area contributed by atoms with E-state index in [1.165, 1.54) is 4.90 Å². The van der Waals surface area contributed by atoms with E-state index in [2.05, 4.69) is 21.2 Å². The molecule has 1 saturated heterocycles. The van der Waals surface area contributed by atoms with Crippen molar-refractivity contribution >= 4 is 27.9 Å². The molecule has 1 spiro atoms. The molecule has 5 heteroatoms. The number of carbonyl (C=O) groups is 2. The highest BCUT2D eigenvalue weighted by molar-refractivity contribution is 9.10. The van der Waals surface area contributed by atoms with Crippen LogP contribution in [-0.2, 0) is 11.3 Å². The van der Waals surface area contributed by atoms with Crippen molar-refractivity contribution in [2.75, 3.05) is 0 Å². The Morgan fingerprint density at radius 1 is 1.26 bits per heavy atom. The van der Waals surface area contributed by atoms with Crippen molar-refractivity contribution in [2.24, 2.45) is 0 Å². The maximum atomic E-state index is 12.5. The Hall–Kier alpha value is -1.36. The number of hydrogen-bond donors (Lipinski definition) is 1. The number of rotatable bonds is 2. The third-order valence-corrected chi connectivity index (χ3v) is 4.43. The first-order valence-corrected chi connectivity index (χ1v) is 7.29. The molecule has 2 aliphatic rings. The van der Waals surface area contributed by atoms with Gasteiger partial charge in [-0.15, -0.1) is 0 Å². The van der Waals surface area contributed by atoms with Crippen LogP contribution in [-0.4, -0.2) is 22.4 Å². The summed E-state index contributed by atoms with van der Waals surface area (Å²) in [7, 11) is 0. The summed E-state index contributed by atoms with van der Waals surface area (Å²) in [6.45, 7) is 0.339. The Kier molecular flexibility index (Phi) is 3.09. The third-order valence-electron chi connectivity index (χ3n) is 3.93. The third kappa shape index (κ3) is 2.16. The van der Waals surface area contributed by atoms with Crippen LogP contribution in [0.2, 0.25) is 0 Å². The number of imide groups is 1. The van der Waals surface area contributed by atoms with E-state index in [0.29, 0.717) is 6.54 Å². The van der Waals surface area contributed by atoms with Gasteiger partial charge in [-0.25, -0.2) is 4.79 Å². The van der Waals surface area contributed by atoms with E-state index in [0.717, 1.165) is 35.7 Å². The van der Waals surface area contributed by atoms with E-state index in [9.17, 15) is 9.59 Å². The molecule has 1 saturated carbocycles. The van der Waals surface area contributed by atoms with Crippen LogP contribution in [0.4, 0.5) is 4.79 Å². The zero-order chi connectivity index (χ0) is 13.5. The van der Waals surface area contributed by atoms with Crippen molar-refractivity contribution in [1.29, 1.82) is 0 Å². The summed E-state index contributed by atoms with van der Waals surface area (Å²) >= 11 is 3.40. The average Bonchev–Trinajstić information content (AvgIpc) is 2.92. The van der Waals surface area contributed by atoms with Gasteiger partial charge in [-0.2, -0.15) is 0 Å². The summed E-state index contributed by atoms with van der Waals surface area (Å²) < 4.78 is 0.952. The predicted molar refractivity (Wildman–Crippen MR) is 74.4 cm³/mol. The Labute approximate surface area is 120 Å². The molecule has 1 aromatic rings. The second-order valence-electron chi connectivity index (χ2n) is 5.24. The summed E-state index contributed by atoms with van der Waals surface area (Å²) in [6, 6.07) is 7.43. The summed E-state index contributed by atoms with van der Waals surface area (Å²) in [5, 5.41) is 2.89. The second kappa shape index (κ2) is 4.63. The summed E-state index contributed by atoms with van der Waals surface area (Å²) in [4.78, 5) is 25.8. The fourth-order valence-electron chi connectivity index (χ4n) is 2.96. The minimum absolute atomic E-state index is 0.0602. The van der Waals surface area contributed by atoms with Gasteiger partial charge in [0.05, 0.1) is 6.54 Å². The van der Waals surface area contributed by atoms with Crippen LogP contribution in [0.3, 0.4) is 0 Å². The van der Waals surface area contributed by atoms with E-state index in [1.54, 1.807) is 0 Å². The molecule has 4 nitrogen and oxygen atoms in total. The highest BCUT2D eigenvalue weighted by atomic mass is 79.9. The zero-order valence-electron chi connectivity index (χ0n) is 10.5. The van der Waals surface area contributed by atoms with Crippen LogP contribution >= 0.6 is 15.9 Å². The monoisotopic (exact) mass is 322 g/mol. The van der Waals surface area contributed by atoms with Gasteiger partial charge in [0.25, 0.3) is 5.91 Å². The van der Waals surface area contributed by atoms with Gasteiger partial charge in [-0.3, -0.25) is 9.69 Å². The maximum Gasteiger partial charge on any atom is 0.325 e. The van der Waals surface area contributed by atoms with Gasteiger partial charge < -0.3 is 5.32 Å². The first kappa shape index (κ1) is 12.7. The largest absolute Gasteiger partial charge is 0.325 e. The van der Waals surface area contributed by atoms with Crippen LogP contribution in [0, 0.1) is 0 Å². The Morgan fingerprint density at radius 3 is 2.68 bits per heavy atom. The van der Waals surface area contributed by atoms with E-state index < -0.39 is 5.54 Å². The van der Waals surface area contributed by atoms with Crippen LogP contribution in [0.15, 0.2) is 28.7 Å². The van der Waals surface area contributed by atoms with Gasteiger partial charge in [0.15, 0.2) is 0 Å². The maximum absolute atomic E-state index is 12.5. The number of nitrogens with one attached hydrogen (secondary N) is 1. The van der Waals surface area contributed by atoms with Crippen LogP contribution in [0.1, 0.15) is 31.2 Å². The fourth-order valence-corrected chi connectivity index (χ4v) is 3.40. The molecule has 100 valence electrons. The highest BCUT2D eigenvalue weighted by Gasteiger charge is 2.52. The predicted octanol–water partition coefficient (Wildman–Crippen LogP) is 2.81. The molecule has 1 aromatic carbocycles. The lowest BCUT2D eigenvalue weighted by Gasteiger charge is -2.20. The molecule has 3 amide bonds. The highest BCUT2D eigenvalue weighted by Crippen LogP contribution is 2.35. The van der Waals surface area contributed by atoms with Crippen molar-refractivity contribution < 1.29 is 9.59 Å². The molecule has 3 rings (SSSR count). The lowest BCUT2D eigenvalue weighted by atomic mass is 9.98. The number of benzene rings is 1. The van der Waals surface area contributed by atoms with Gasteiger partial charge in [0, 0.05) is 4.47 Å². The van der Waals surface area contributed by atoms with Gasteiger partial charge in [-0.05, 0) is 30.5 Å². The number of urea groups is 1. The van der Waals surface area contributed by atoms with E-state index in [4.69, 9.17) is 0 Å². The van der Waals surface area contributed by atoms with E-state index >= 15 is 0 Å². The Morgan fingerprint density at radius 2 is 2.00 bits per heavy atom. The lowest BCUT2D eigenvalue weighted by Crippen LogP contribution is -2.44. The molecule has 1 aliphatic heterocycles. The lowest BCUT2D eigenvalue weighted by molar-refractivity contribution is -0.131. The normalized spacial score (nSPS) is 21.2. The van der Waals surface area contributed by atoms with Gasteiger partial charge in [-0.1, -0.05) is 40.9 Å². The molecular formula is C14H15BrN2O2. The molecule has 0 aromatic heterocycles. The molecule has 2 fully saturated rings. The first-order chi connectivity index (χ1) is 9.11. The van der Waals surface area contributed by atoms with Crippen LogP contribution < -0.4 is 5.32 Å². The first-order valence-electron chi connectivity index (χ1n) is 6.49. The van der Waals surface area contributed by atoms with Gasteiger partial charge >= 0.3 is 6.03 Å². The zero-order valence-corrected chi connectivity index (χ0v) is 12.1. The van der Waals surface area contributed by atoms with E-state index in [-0.39, 0.29) is 11.9 Å². The summed E-state index contributed by atoms with van der Waals surface area (Å²) in [5.41, 5.74) is 0.344. The quantitative estimate of drug-likeness (QED) is 0.851. The van der Waals surface area contributed by atoms with Crippen molar-refractivity contribution in [2.45, 2.75) is 37.8 Å². The minimum atomic E-state index is -0.608. The molecule has 19 heavy (non-hydrogen) atoms. The van der Waals surface area contributed by atoms with E-state index in [1.807, 2.05) is 24.3 Å². The number of hydrogen-bond acceptors (Lipinski definition) is 2. The SMILES string of the molecule is O=C1NC2(CCCC2)C(=O)N1Cc1cccc(Br)c1. The summed E-state index contributed by atoms with van der Waals surface area (Å²) in [5.74, 6) is -0.0602. The molecule has 0 unspecified atom stereocenters. The smallest absolute Gasteiger partial charge is 0.323 e. The molecule has 1 heterocycles. The standard InChI is InChI=1S/C14H15BrN2O2/c15-11-5-3-4-10(8-11)9-17-12(18)14(16-13(17)19)6-1-2-7-14/h3-5,8H,1-2,6-7,9H2,(H,16,19). The molecule has 0 bridgehead atoms. The number of amides is 3. The number of carbonyl (C=O) groups excluding carboxylic acids is 2. The van der Waals surface area contributed by atoms with Crippen molar-refractivity contribution in [1.82, 2.24) is 10.2 Å². The van der Waals surface area contributed by atoms with Crippen molar-refractivity contribution in [3.05, 3.63) is 34.3 Å². The molecule has 0 atom stereocenters. The second-order valence-corrected chi connectivity index (χ2v) is 6.16. The Balaban J connectivity index is 1.82. The average molecular weight is 323 g/mol. The molecular weight excluding hydrogens is 308 g/mol. The van der Waals surface area contributed by atoms with Gasteiger partial charge in [0.2, 0.25) is 0 Å². The summed E-state index contributed by atoms with van der Waals surface area (Å²) in [6.07, 6.45) is 3.56. The van der Waals surface area contributed by atoms with Crippen molar-refractivity contribution in [3.63, 3.8) is 0 Å². The molecule has 1 aliphatic carbocycles. The number of halogens is 1. The van der Waals surface area contributed by atoms with Gasteiger partial charge in [0.1, 0.15) is 5.54 Å². The van der Waals surface area contributed by atoms with Crippen LogP contribution in [0.5, 0.6) is 0 Å². The topological polar surface area (TPSA) is 49.4 Å². The van der Waals surface area contributed by atoms with Crippen LogP contribution in [0.25, 0.3) is 0 Å². The number of nitrogens with zero attached hydrogens (tertiary/aromatic N) is 1. The fraction of sp³-hybridized carbons (Fsp3) is 0.429. The minimum Gasteiger partial charge on any atom is -0.323 e. The molecule has 1 N–H and O–H groups in total. The van der Waals surface area contributed by atoms with Crippen molar-refractivity contribution in [3.8, 4) is 0 Å². The molecule has 0 radical (unpaired) electrons. The Bertz CT molecular complexity index is 538.